The highest BCUT2D eigenvalue weighted by atomic mass is 15.3. The van der Waals surface area contributed by atoms with Gasteiger partial charge in [-0.2, -0.15) is 0 Å². The van der Waals surface area contributed by atoms with E-state index in [9.17, 15) is 0 Å². The number of hydrogen-bond acceptors (Lipinski definition) is 4. The molecule has 1 aromatic carbocycles. The molecule has 29 heavy (non-hydrogen) atoms. The van der Waals surface area contributed by atoms with Crippen molar-refractivity contribution in [1.82, 2.24) is 20.5 Å². The highest BCUT2D eigenvalue weighted by Crippen LogP contribution is 2.21. The first-order valence-electron chi connectivity index (χ1n) is 10.4. The maximum Gasteiger partial charge on any atom is 0.191 e. The van der Waals surface area contributed by atoms with Crippen LogP contribution in [0.25, 0.3) is 0 Å². The topological polar surface area (TPSA) is 55.8 Å². The smallest absolute Gasteiger partial charge is 0.191 e. The lowest BCUT2D eigenvalue weighted by Gasteiger charge is -2.33. The molecular formula is C23H34N6. The molecule has 2 heterocycles. The zero-order chi connectivity index (χ0) is 20.7. The molecule has 0 saturated carbocycles. The summed E-state index contributed by atoms with van der Waals surface area (Å²) in [5, 5.41) is 6.84. The van der Waals surface area contributed by atoms with Crippen LogP contribution in [0.1, 0.15) is 25.0 Å². The van der Waals surface area contributed by atoms with E-state index in [4.69, 9.17) is 0 Å². The van der Waals surface area contributed by atoms with Gasteiger partial charge in [0, 0.05) is 57.9 Å². The molecule has 0 aliphatic carbocycles. The molecule has 1 aliphatic heterocycles. The van der Waals surface area contributed by atoms with Crippen molar-refractivity contribution in [1.29, 1.82) is 0 Å². The third-order valence-electron chi connectivity index (χ3n) is 5.57. The van der Waals surface area contributed by atoms with Crippen molar-refractivity contribution >= 4 is 11.8 Å². The van der Waals surface area contributed by atoms with Gasteiger partial charge in [0.2, 0.25) is 0 Å². The fourth-order valence-corrected chi connectivity index (χ4v) is 3.45. The Hall–Kier alpha value is -2.60. The molecule has 1 saturated heterocycles. The summed E-state index contributed by atoms with van der Waals surface area (Å²) >= 11 is 0. The maximum atomic E-state index is 4.66. The lowest BCUT2D eigenvalue weighted by atomic mass is 9.85. The SMILES string of the molecule is CN=C(NCc1ccc(N2CCN(C)CC2)nc1)NCC(C)(C)c1ccccc1. The molecular weight excluding hydrogens is 360 g/mol. The van der Waals surface area contributed by atoms with Gasteiger partial charge in [0.15, 0.2) is 5.96 Å². The lowest BCUT2D eigenvalue weighted by molar-refractivity contribution is 0.312. The van der Waals surface area contributed by atoms with E-state index < -0.39 is 0 Å². The Bertz CT molecular complexity index is 777. The van der Waals surface area contributed by atoms with Crippen LogP contribution in [-0.4, -0.2) is 62.7 Å². The van der Waals surface area contributed by atoms with Crippen LogP contribution in [0.5, 0.6) is 0 Å². The summed E-state index contributed by atoms with van der Waals surface area (Å²) < 4.78 is 0. The number of pyridine rings is 1. The molecule has 1 aliphatic rings. The van der Waals surface area contributed by atoms with Crippen LogP contribution in [-0.2, 0) is 12.0 Å². The van der Waals surface area contributed by atoms with Crippen molar-refractivity contribution in [3.8, 4) is 0 Å². The summed E-state index contributed by atoms with van der Waals surface area (Å²) in [6.07, 6.45) is 1.96. The van der Waals surface area contributed by atoms with Gasteiger partial charge in [-0.3, -0.25) is 4.99 Å². The number of hydrogen-bond donors (Lipinski definition) is 2. The molecule has 0 spiro atoms. The summed E-state index contributed by atoms with van der Waals surface area (Å²) in [4.78, 5) is 13.7. The first-order valence-corrected chi connectivity index (χ1v) is 10.4. The van der Waals surface area contributed by atoms with Gasteiger partial charge in [0.05, 0.1) is 0 Å². The van der Waals surface area contributed by atoms with Crippen LogP contribution in [0.3, 0.4) is 0 Å². The van der Waals surface area contributed by atoms with Gasteiger partial charge < -0.3 is 20.4 Å². The van der Waals surface area contributed by atoms with Crippen LogP contribution in [0.4, 0.5) is 5.82 Å². The van der Waals surface area contributed by atoms with E-state index in [1.807, 2.05) is 6.20 Å². The minimum atomic E-state index is 0.0184. The minimum absolute atomic E-state index is 0.0184. The molecule has 0 amide bonds. The number of piperazine rings is 1. The third kappa shape index (κ3) is 5.94. The second kappa shape index (κ2) is 9.74. The van der Waals surface area contributed by atoms with Crippen molar-refractivity contribution < 1.29 is 0 Å². The average Bonchev–Trinajstić information content (AvgIpc) is 2.75. The number of guanidine groups is 1. The quantitative estimate of drug-likeness (QED) is 0.582. The van der Waals surface area contributed by atoms with Crippen LogP contribution in [0, 0.1) is 0 Å². The molecule has 1 fully saturated rings. The highest BCUT2D eigenvalue weighted by molar-refractivity contribution is 5.79. The normalized spacial score (nSPS) is 16.0. The average molecular weight is 395 g/mol. The summed E-state index contributed by atoms with van der Waals surface area (Å²) in [6, 6.07) is 14.8. The zero-order valence-electron chi connectivity index (χ0n) is 18.2. The van der Waals surface area contributed by atoms with Crippen molar-refractivity contribution in [2.45, 2.75) is 25.8 Å². The number of benzene rings is 1. The van der Waals surface area contributed by atoms with Gasteiger partial charge in [-0.1, -0.05) is 50.2 Å². The molecule has 0 radical (unpaired) electrons. The van der Waals surface area contributed by atoms with Gasteiger partial charge in [0.1, 0.15) is 5.82 Å². The summed E-state index contributed by atoms with van der Waals surface area (Å²) in [6.45, 7) is 10.2. The van der Waals surface area contributed by atoms with Gasteiger partial charge in [-0.25, -0.2) is 4.98 Å². The number of likely N-dealkylation sites (N-methyl/N-ethyl adjacent to an activating group) is 1. The van der Waals surface area contributed by atoms with Crippen molar-refractivity contribution in [3.63, 3.8) is 0 Å². The lowest BCUT2D eigenvalue weighted by Crippen LogP contribution is -2.44. The van der Waals surface area contributed by atoms with Crippen molar-refractivity contribution in [2.24, 2.45) is 4.99 Å². The minimum Gasteiger partial charge on any atom is -0.356 e. The number of aromatic nitrogens is 1. The molecule has 156 valence electrons. The first-order chi connectivity index (χ1) is 14.0. The molecule has 3 rings (SSSR count). The van der Waals surface area contributed by atoms with E-state index in [1.165, 1.54) is 5.56 Å². The molecule has 2 N–H and O–H groups in total. The predicted octanol–water partition coefficient (Wildman–Crippen LogP) is 2.48. The van der Waals surface area contributed by atoms with E-state index in [0.717, 1.165) is 50.1 Å². The third-order valence-corrected chi connectivity index (χ3v) is 5.57. The molecule has 2 aromatic rings. The standard InChI is InChI=1S/C23H34N6/c1-23(2,20-8-6-5-7-9-20)18-27-22(24-3)26-17-19-10-11-21(25-16-19)29-14-12-28(4)13-15-29/h5-11,16H,12-15,17-18H2,1-4H3,(H2,24,26,27). The van der Waals surface area contributed by atoms with Gasteiger partial charge in [-0.05, 0) is 24.2 Å². The number of rotatable bonds is 6. The molecule has 6 nitrogen and oxygen atoms in total. The number of anilines is 1. The monoisotopic (exact) mass is 394 g/mol. The largest absolute Gasteiger partial charge is 0.356 e. The zero-order valence-corrected chi connectivity index (χ0v) is 18.2. The van der Waals surface area contributed by atoms with E-state index in [2.05, 4.69) is 93.8 Å². The molecule has 0 bridgehead atoms. The second-order valence-corrected chi connectivity index (χ2v) is 8.34. The Labute approximate surface area is 175 Å². The van der Waals surface area contributed by atoms with E-state index >= 15 is 0 Å². The van der Waals surface area contributed by atoms with Crippen molar-refractivity contribution in [2.75, 3.05) is 51.7 Å². The highest BCUT2D eigenvalue weighted by Gasteiger charge is 2.20. The number of nitrogens with zero attached hydrogens (tertiary/aromatic N) is 4. The van der Waals surface area contributed by atoms with Crippen LogP contribution >= 0.6 is 0 Å². The van der Waals surface area contributed by atoms with Gasteiger partial charge >= 0.3 is 0 Å². The molecule has 0 atom stereocenters. The Morgan fingerprint density at radius 1 is 1.03 bits per heavy atom. The first kappa shape index (κ1) is 21.1. The maximum absolute atomic E-state index is 4.66. The van der Waals surface area contributed by atoms with E-state index in [0.29, 0.717) is 6.54 Å². The van der Waals surface area contributed by atoms with E-state index in [1.54, 1.807) is 7.05 Å². The molecule has 6 heteroatoms. The fourth-order valence-electron chi connectivity index (χ4n) is 3.45. The van der Waals surface area contributed by atoms with Crippen molar-refractivity contribution in [3.05, 3.63) is 59.8 Å². The second-order valence-electron chi connectivity index (χ2n) is 8.34. The Balaban J connectivity index is 1.49. The number of nitrogens with one attached hydrogen (secondary N) is 2. The Morgan fingerprint density at radius 3 is 2.38 bits per heavy atom. The van der Waals surface area contributed by atoms with Crippen LogP contribution in [0.2, 0.25) is 0 Å². The van der Waals surface area contributed by atoms with Gasteiger partial charge in [0.25, 0.3) is 0 Å². The predicted molar refractivity (Wildman–Crippen MR) is 122 cm³/mol. The Kier molecular flexibility index (Phi) is 7.09. The van der Waals surface area contributed by atoms with E-state index in [-0.39, 0.29) is 5.41 Å². The number of aliphatic imine (C=N–C) groups is 1. The fraction of sp³-hybridized carbons (Fsp3) is 0.478. The summed E-state index contributed by atoms with van der Waals surface area (Å²) in [7, 11) is 3.97. The summed E-state index contributed by atoms with van der Waals surface area (Å²) in [5.74, 6) is 1.87. The van der Waals surface area contributed by atoms with Crippen LogP contribution < -0.4 is 15.5 Å². The van der Waals surface area contributed by atoms with Crippen LogP contribution in [0.15, 0.2) is 53.7 Å². The summed E-state index contributed by atoms with van der Waals surface area (Å²) in [5.41, 5.74) is 2.48. The Morgan fingerprint density at radius 2 is 1.76 bits per heavy atom. The molecule has 1 aromatic heterocycles. The van der Waals surface area contributed by atoms with Gasteiger partial charge in [-0.15, -0.1) is 0 Å². The molecule has 0 unspecified atom stereocenters.